The van der Waals surface area contributed by atoms with Crippen LogP contribution in [0.15, 0.2) is 22.5 Å². The Labute approximate surface area is 83.1 Å². The van der Waals surface area contributed by atoms with Gasteiger partial charge in [-0.2, -0.15) is 0 Å². The van der Waals surface area contributed by atoms with Gasteiger partial charge in [-0.05, 0) is 0 Å². The summed E-state index contributed by atoms with van der Waals surface area (Å²) in [6.07, 6.45) is 2.07. The molecular weight excluding hydrogens is 204 g/mol. The van der Waals surface area contributed by atoms with Crippen molar-refractivity contribution in [3.63, 3.8) is 0 Å². The lowest BCUT2D eigenvalue weighted by Gasteiger charge is -1.91. The predicted molar refractivity (Wildman–Crippen MR) is 52.3 cm³/mol. The van der Waals surface area contributed by atoms with Crippen LogP contribution in [-0.4, -0.2) is 15.8 Å². The third kappa shape index (κ3) is 1.99. The van der Waals surface area contributed by atoms with E-state index in [9.17, 15) is 4.79 Å². The van der Waals surface area contributed by atoms with Crippen molar-refractivity contribution in [3.05, 3.63) is 33.2 Å². The molecule has 2 rings (SSSR count). The number of rotatable bonds is 3. The lowest BCUT2D eigenvalue weighted by molar-refractivity contribution is 0.0989. The van der Waals surface area contributed by atoms with Crippen molar-refractivity contribution in [2.75, 3.05) is 0 Å². The summed E-state index contributed by atoms with van der Waals surface area (Å²) in [6.45, 7) is 0. The maximum absolute atomic E-state index is 11.5. The van der Waals surface area contributed by atoms with E-state index in [-0.39, 0.29) is 5.78 Å². The van der Waals surface area contributed by atoms with Crippen LogP contribution in [0.2, 0.25) is 0 Å². The first-order chi connectivity index (χ1) is 6.36. The average molecular weight is 210 g/mol. The lowest BCUT2D eigenvalue weighted by atomic mass is 10.2. The Morgan fingerprint density at radius 2 is 2.38 bits per heavy atom. The molecule has 0 N–H and O–H groups in total. The summed E-state index contributed by atoms with van der Waals surface area (Å²) in [4.78, 5) is 19.5. The number of hydrogen-bond acceptors (Lipinski definition) is 5. The van der Waals surface area contributed by atoms with Gasteiger partial charge in [0.1, 0.15) is 10.7 Å². The highest BCUT2D eigenvalue weighted by molar-refractivity contribution is 7.09. The number of thiazole rings is 2. The second kappa shape index (κ2) is 3.76. The van der Waals surface area contributed by atoms with E-state index in [0.717, 1.165) is 5.01 Å². The minimum Gasteiger partial charge on any atom is -0.292 e. The van der Waals surface area contributed by atoms with E-state index in [1.807, 2.05) is 5.38 Å². The van der Waals surface area contributed by atoms with Crippen LogP contribution >= 0.6 is 22.7 Å². The van der Waals surface area contributed by atoms with Crippen LogP contribution in [0.4, 0.5) is 0 Å². The van der Waals surface area contributed by atoms with Gasteiger partial charge in [0.25, 0.3) is 0 Å². The first-order valence-corrected chi connectivity index (χ1v) is 5.48. The molecule has 0 unspecified atom stereocenters. The second-order valence-corrected chi connectivity index (χ2v) is 4.10. The number of Topliss-reactive ketones (excluding diaryl/α,β-unsaturated/α-hetero) is 1. The Morgan fingerprint density at radius 1 is 1.46 bits per heavy atom. The molecular formula is C8H6N2OS2. The molecule has 0 atom stereocenters. The normalized spacial score (nSPS) is 10.2. The quantitative estimate of drug-likeness (QED) is 0.728. The molecule has 0 saturated carbocycles. The topological polar surface area (TPSA) is 42.9 Å². The van der Waals surface area contributed by atoms with Crippen molar-refractivity contribution >= 4 is 28.5 Å². The van der Waals surface area contributed by atoms with Gasteiger partial charge < -0.3 is 0 Å². The molecule has 2 aromatic rings. The third-order valence-corrected chi connectivity index (χ3v) is 2.88. The van der Waals surface area contributed by atoms with Gasteiger partial charge in [0.2, 0.25) is 0 Å². The van der Waals surface area contributed by atoms with Gasteiger partial charge in [0.05, 0.1) is 11.9 Å². The van der Waals surface area contributed by atoms with Crippen molar-refractivity contribution < 1.29 is 4.79 Å². The molecule has 13 heavy (non-hydrogen) atoms. The fourth-order valence-corrected chi connectivity index (χ4v) is 2.09. The van der Waals surface area contributed by atoms with Crippen LogP contribution in [0.1, 0.15) is 15.5 Å². The molecule has 0 spiro atoms. The summed E-state index contributed by atoms with van der Waals surface area (Å²) >= 11 is 2.92. The average Bonchev–Trinajstić information content (AvgIpc) is 2.74. The SMILES string of the molecule is O=C(Cc1nccs1)c1cscn1. The number of hydrogen-bond donors (Lipinski definition) is 0. The molecule has 2 aromatic heterocycles. The third-order valence-electron chi connectivity index (χ3n) is 1.51. The van der Waals surface area contributed by atoms with E-state index in [1.165, 1.54) is 22.7 Å². The minimum atomic E-state index is 0.0381. The summed E-state index contributed by atoms with van der Waals surface area (Å²) in [5.41, 5.74) is 2.20. The summed E-state index contributed by atoms with van der Waals surface area (Å²) < 4.78 is 0. The fourth-order valence-electron chi connectivity index (χ4n) is 0.918. The molecule has 0 fully saturated rings. The van der Waals surface area contributed by atoms with Crippen LogP contribution in [0.3, 0.4) is 0 Å². The van der Waals surface area contributed by atoms with Crippen molar-refractivity contribution in [3.8, 4) is 0 Å². The molecule has 0 amide bonds. The van der Waals surface area contributed by atoms with Gasteiger partial charge in [-0.25, -0.2) is 9.97 Å². The van der Waals surface area contributed by atoms with Crippen molar-refractivity contribution in [1.29, 1.82) is 0 Å². The Morgan fingerprint density at radius 3 is 3.00 bits per heavy atom. The van der Waals surface area contributed by atoms with Gasteiger partial charge in [-0.1, -0.05) is 0 Å². The second-order valence-electron chi connectivity index (χ2n) is 2.40. The van der Waals surface area contributed by atoms with E-state index in [0.29, 0.717) is 12.1 Å². The molecule has 0 aliphatic carbocycles. The first kappa shape index (κ1) is 8.52. The Kier molecular flexibility index (Phi) is 2.47. The largest absolute Gasteiger partial charge is 0.292 e. The molecule has 0 aliphatic rings. The minimum absolute atomic E-state index is 0.0381. The summed E-state index contributed by atoms with van der Waals surface area (Å²) in [5.74, 6) is 0.0381. The molecule has 0 bridgehead atoms. The number of nitrogens with zero attached hydrogens (tertiary/aromatic N) is 2. The van der Waals surface area contributed by atoms with Crippen LogP contribution in [0.25, 0.3) is 0 Å². The maximum Gasteiger partial charge on any atom is 0.188 e. The van der Waals surface area contributed by atoms with Crippen LogP contribution < -0.4 is 0 Å². The van der Waals surface area contributed by atoms with E-state index < -0.39 is 0 Å². The molecule has 0 saturated heterocycles. The van der Waals surface area contributed by atoms with Crippen molar-refractivity contribution in [1.82, 2.24) is 9.97 Å². The van der Waals surface area contributed by atoms with E-state index in [1.54, 1.807) is 17.1 Å². The highest BCUT2D eigenvalue weighted by Gasteiger charge is 2.09. The maximum atomic E-state index is 11.5. The zero-order valence-corrected chi connectivity index (χ0v) is 8.27. The monoisotopic (exact) mass is 210 g/mol. The highest BCUT2D eigenvalue weighted by Crippen LogP contribution is 2.09. The Hall–Kier alpha value is -1.07. The zero-order chi connectivity index (χ0) is 9.10. The van der Waals surface area contributed by atoms with Gasteiger partial charge in [0.15, 0.2) is 5.78 Å². The summed E-state index contributed by atoms with van der Waals surface area (Å²) in [7, 11) is 0. The first-order valence-electron chi connectivity index (χ1n) is 3.66. The van der Waals surface area contributed by atoms with Crippen LogP contribution in [0.5, 0.6) is 0 Å². The molecule has 66 valence electrons. The summed E-state index contributed by atoms with van der Waals surface area (Å²) in [6, 6.07) is 0. The van der Waals surface area contributed by atoms with Gasteiger partial charge >= 0.3 is 0 Å². The number of carbonyl (C=O) groups excluding carboxylic acids is 1. The summed E-state index contributed by atoms with van der Waals surface area (Å²) in [5, 5.41) is 4.47. The molecule has 3 nitrogen and oxygen atoms in total. The van der Waals surface area contributed by atoms with E-state index in [2.05, 4.69) is 9.97 Å². The van der Waals surface area contributed by atoms with Crippen molar-refractivity contribution in [2.45, 2.75) is 6.42 Å². The Balaban J connectivity index is 2.08. The lowest BCUT2D eigenvalue weighted by Crippen LogP contribution is -2.02. The smallest absolute Gasteiger partial charge is 0.188 e. The van der Waals surface area contributed by atoms with Gasteiger partial charge in [0, 0.05) is 17.0 Å². The van der Waals surface area contributed by atoms with Crippen molar-refractivity contribution in [2.24, 2.45) is 0 Å². The Bertz CT molecular complexity index is 380. The number of carbonyl (C=O) groups is 1. The standard InChI is InChI=1S/C8H6N2OS2/c11-7(6-4-12-5-10-6)3-8-9-1-2-13-8/h1-2,4-5H,3H2. The molecule has 0 aromatic carbocycles. The van der Waals surface area contributed by atoms with Gasteiger partial charge in [-0.3, -0.25) is 4.79 Å². The molecule has 0 aliphatic heterocycles. The van der Waals surface area contributed by atoms with Crippen LogP contribution in [0, 0.1) is 0 Å². The predicted octanol–water partition coefficient (Wildman–Crippen LogP) is 2.02. The number of aromatic nitrogens is 2. The van der Waals surface area contributed by atoms with E-state index >= 15 is 0 Å². The molecule has 2 heterocycles. The fraction of sp³-hybridized carbons (Fsp3) is 0.125. The van der Waals surface area contributed by atoms with Crippen LogP contribution in [-0.2, 0) is 6.42 Å². The highest BCUT2D eigenvalue weighted by atomic mass is 32.1. The molecule has 0 radical (unpaired) electrons. The zero-order valence-electron chi connectivity index (χ0n) is 6.64. The molecule has 5 heteroatoms. The van der Waals surface area contributed by atoms with E-state index in [4.69, 9.17) is 0 Å². The van der Waals surface area contributed by atoms with Gasteiger partial charge in [-0.15, -0.1) is 22.7 Å². The number of ketones is 1.